The molecule has 1 aliphatic rings. The molecule has 3 nitrogen and oxygen atoms in total. The van der Waals surface area contributed by atoms with Crippen LogP contribution in [0.4, 0.5) is 0 Å². The van der Waals surface area contributed by atoms with Gasteiger partial charge in [0.15, 0.2) is 5.65 Å². The Hall–Kier alpha value is -1.68. The second-order valence-corrected chi connectivity index (χ2v) is 5.80. The zero-order chi connectivity index (χ0) is 12.8. The van der Waals surface area contributed by atoms with Crippen molar-refractivity contribution in [2.24, 2.45) is 0 Å². The SMILES string of the molecule is Brc1ccc(-c2cnn3c4c(cnc23)CCC4)cc1. The minimum atomic E-state index is 0.961. The molecule has 19 heavy (non-hydrogen) atoms. The zero-order valence-electron chi connectivity index (χ0n) is 10.3. The average molecular weight is 314 g/mol. The van der Waals surface area contributed by atoms with Crippen LogP contribution in [0, 0.1) is 0 Å². The maximum atomic E-state index is 4.60. The summed E-state index contributed by atoms with van der Waals surface area (Å²) in [5.41, 5.74) is 5.89. The summed E-state index contributed by atoms with van der Waals surface area (Å²) in [6.45, 7) is 0. The summed E-state index contributed by atoms with van der Waals surface area (Å²) in [6.07, 6.45) is 7.39. The fourth-order valence-electron chi connectivity index (χ4n) is 2.77. The van der Waals surface area contributed by atoms with Crippen LogP contribution in [0.3, 0.4) is 0 Å². The molecule has 0 fully saturated rings. The summed E-state index contributed by atoms with van der Waals surface area (Å²) >= 11 is 3.46. The van der Waals surface area contributed by atoms with Crippen LogP contribution in [0.15, 0.2) is 41.1 Å². The summed E-state index contributed by atoms with van der Waals surface area (Å²) in [5, 5.41) is 4.53. The van der Waals surface area contributed by atoms with E-state index in [-0.39, 0.29) is 0 Å². The number of aromatic nitrogens is 3. The summed E-state index contributed by atoms with van der Waals surface area (Å²) in [6, 6.07) is 8.28. The van der Waals surface area contributed by atoms with Gasteiger partial charge in [0.1, 0.15) is 0 Å². The summed E-state index contributed by atoms with van der Waals surface area (Å²) < 4.78 is 3.10. The maximum Gasteiger partial charge on any atom is 0.163 e. The first-order valence-electron chi connectivity index (χ1n) is 6.43. The first-order chi connectivity index (χ1) is 9.33. The standard InChI is InChI=1S/C15H12BrN3/c16-12-6-4-10(5-7-12)13-9-18-19-14-3-1-2-11(14)8-17-15(13)19/h4-9H,1-3H2. The molecule has 0 N–H and O–H groups in total. The van der Waals surface area contributed by atoms with Gasteiger partial charge < -0.3 is 0 Å². The van der Waals surface area contributed by atoms with Crippen molar-refractivity contribution in [1.29, 1.82) is 0 Å². The third kappa shape index (κ3) is 1.70. The predicted octanol–water partition coefficient (Wildman–Crippen LogP) is 3.65. The van der Waals surface area contributed by atoms with Gasteiger partial charge in [0.25, 0.3) is 0 Å². The monoisotopic (exact) mass is 313 g/mol. The Morgan fingerprint density at radius 1 is 1.05 bits per heavy atom. The molecule has 1 aromatic carbocycles. The Kier molecular flexibility index (Phi) is 2.45. The molecule has 4 rings (SSSR count). The third-order valence-corrected chi connectivity index (χ3v) is 4.26. The number of halogens is 1. The molecule has 3 aromatic rings. The quantitative estimate of drug-likeness (QED) is 0.686. The molecule has 0 amide bonds. The lowest BCUT2D eigenvalue weighted by Gasteiger charge is -2.03. The van der Waals surface area contributed by atoms with Crippen molar-refractivity contribution in [2.75, 3.05) is 0 Å². The number of hydrogen-bond donors (Lipinski definition) is 0. The van der Waals surface area contributed by atoms with Crippen LogP contribution in [-0.4, -0.2) is 14.6 Å². The Bertz CT molecular complexity index is 759. The number of aryl methyl sites for hydroxylation is 2. The van der Waals surface area contributed by atoms with Crippen molar-refractivity contribution < 1.29 is 0 Å². The van der Waals surface area contributed by atoms with Crippen LogP contribution in [0.2, 0.25) is 0 Å². The smallest absolute Gasteiger partial charge is 0.163 e. The van der Waals surface area contributed by atoms with Crippen molar-refractivity contribution in [2.45, 2.75) is 19.3 Å². The molecular weight excluding hydrogens is 302 g/mol. The van der Waals surface area contributed by atoms with Crippen molar-refractivity contribution in [3.63, 3.8) is 0 Å². The van der Waals surface area contributed by atoms with Gasteiger partial charge in [-0.1, -0.05) is 28.1 Å². The summed E-state index contributed by atoms with van der Waals surface area (Å²) in [4.78, 5) is 4.60. The Labute approximate surface area is 119 Å². The molecule has 0 atom stereocenters. The maximum absolute atomic E-state index is 4.60. The van der Waals surface area contributed by atoms with Crippen molar-refractivity contribution in [3.05, 3.63) is 52.4 Å². The molecule has 0 unspecified atom stereocenters. The molecule has 2 heterocycles. The number of fused-ring (bicyclic) bond motifs is 3. The number of hydrogen-bond acceptors (Lipinski definition) is 2. The van der Waals surface area contributed by atoms with E-state index in [2.05, 4.69) is 38.1 Å². The van der Waals surface area contributed by atoms with E-state index in [1.807, 2.05) is 29.0 Å². The average Bonchev–Trinajstić information content (AvgIpc) is 3.04. The van der Waals surface area contributed by atoms with E-state index in [1.165, 1.54) is 17.7 Å². The highest BCUT2D eigenvalue weighted by Crippen LogP contribution is 2.28. The summed E-state index contributed by atoms with van der Waals surface area (Å²) in [7, 11) is 0. The first kappa shape index (κ1) is 11.2. The molecule has 1 aliphatic carbocycles. The highest BCUT2D eigenvalue weighted by atomic mass is 79.9. The van der Waals surface area contributed by atoms with E-state index >= 15 is 0 Å². The molecule has 0 bridgehead atoms. The Balaban J connectivity index is 1.94. The van der Waals surface area contributed by atoms with Crippen molar-refractivity contribution in [1.82, 2.24) is 14.6 Å². The van der Waals surface area contributed by atoms with Crippen molar-refractivity contribution in [3.8, 4) is 11.1 Å². The molecule has 94 valence electrons. The predicted molar refractivity (Wildman–Crippen MR) is 78.1 cm³/mol. The van der Waals surface area contributed by atoms with Crippen LogP contribution in [0.25, 0.3) is 16.8 Å². The fraction of sp³-hybridized carbons (Fsp3) is 0.200. The number of benzene rings is 1. The largest absolute Gasteiger partial charge is 0.236 e. The van der Waals surface area contributed by atoms with E-state index < -0.39 is 0 Å². The van der Waals surface area contributed by atoms with E-state index in [9.17, 15) is 0 Å². The molecule has 0 saturated carbocycles. The van der Waals surface area contributed by atoms with E-state index in [4.69, 9.17) is 0 Å². The molecule has 4 heteroatoms. The highest BCUT2D eigenvalue weighted by Gasteiger charge is 2.17. The van der Waals surface area contributed by atoms with Crippen LogP contribution in [-0.2, 0) is 12.8 Å². The Morgan fingerprint density at radius 2 is 1.89 bits per heavy atom. The molecule has 2 aromatic heterocycles. The van der Waals surface area contributed by atoms with Crippen LogP contribution < -0.4 is 0 Å². The number of rotatable bonds is 1. The summed E-state index contributed by atoms with van der Waals surface area (Å²) in [5.74, 6) is 0. The van der Waals surface area contributed by atoms with E-state index in [0.717, 1.165) is 34.1 Å². The third-order valence-electron chi connectivity index (χ3n) is 3.73. The second kappa shape index (κ2) is 4.17. The van der Waals surface area contributed by atoms with Gasteiger partial charge in [-0.3, -0.25) is 0 Å². The van der Waals surface area contributed by atoms with Gasteiger partial charge in [-0.25, -0.2) is 9.50 Å². The van der Waals surface area contributed by atoms with Crippen molar-refractivity contribution >= 4 is 21.6 Å². The molecule has 0 radical (unpaired) electrons. The molecular formula is C15H12BrN3. The Morgan fingerprint density at radius 3 is 2.74 bits per heavy atom. The lowest BCUT2D eigenvalue weighted by molar-refractivity contribution is 0.837. The van der Waals surface area contributed by atoms with E-state index in [1.54, 1.807) is 0 Å². The van der Waals surface area contributed by atoms with E-state index in [0.29, 0.717) is 0 Å². The van der Waals surface area contributed by atoms with Crippen LogP contribution in [0.5, 0.6) is 0 Å². The zero-order valence-corrected chi connectivity index (χ0v) is 11.9. The lowest BCUT2D eigenvalue weighted by atomic mass is 10.1. The van der Waals surface area contributed by atoms with Gasteiger partial charge in [-0.05, 0) is 42.5 Å². The fourth-order valence-corrected chi connectivity index (χ4v) is 3.03. The highest BCUT2D eigenvalue weighted by molar-refractivity contribution is 9.10. The normalized spacial score (nSPS) is 13.9. The van der Waals surface area contributed by atoms with Gasteiger partial charge in [-0.2, -0.15) is 5.10 Å². The van der Waals surface area contributed by atoms with Crippen LogP contribution >= 0.6 is 15.9 Å². The van der Waals surface area contributed by atoms with Gasteiger partial charge in [0.2, 0.25) is 0 Å². The lowest BCUT2D eigenvalue weighted by Crippen LogP contribution is -1.99. The van der Waals surface area contributed by atoms with Gasteiger partial charge in [0.05, 0.1) is 6.20 Å². The molecule has 0 aliphatic heterocycles. The second-order valence-electron chi connectivity index (χ2n) is 4.88. The van der Waals surface area contributed by atoms with Gasteiger partial charge in [0, 0.05) is 21.9 Å². The minimum Gasteiger partial charge on any atom is -0.236 e. The molecule has 0 saturated heterocycles. The van der Waals surface area contributed by atoms with Gasteiger partial charge >= 0.3 is 0 Å². The van der Waals surface area contributed by atoms with Gasteiger partial charge in [-0.15, -0.1) is 0 Å². The minimum absolute atomic E-state index is 0.961. The topological polar surface area (TPSA) is 30.2 Å². The molecule has 0 spiro atoms. The first-order valence-corrected chi connectivity index (χ1v) is 7.23. The number of nitrogens with zero attached hydrogens (tertiary/aromatic N) is 3. The van der Waals surface area contributed by atoms with Crippen LogP contribution in [0.1, 0.15) is 17.7 Å².